The molecule has 2 aliphatic rings. The van der Waals surface area contributed by atoms with E-state index in [0.29, 0.717) is 0 Å². The van der Waals surface area contributed by atoms with Gasteiger partial charge in [0.25, 0.3) is 0 Å². The second-order valence-electron chi connectivity index (χ2n) is 10.2. The summed E-state index contributed by atoms with van der Waals surface area (Å²) in [5.74, 6) is 0.758. The molecule has 0 aromatic heterocycles. The van der Waals surface area contributed by atoms with Gasteiger partial charge in [0.2, 0.25) is 0 Å². The van der Waals surface area contributed by atoms with Gasteiger partial charge in [0.1, 0.15) is 6.10 Å². The van der Waals surface area contributed by atoms with E-state index in [1.54, 1.807) is 0 Å². The van der Waals surface area contributed by atoms with Crippen LogP contribution in [0.4, 0.5) is 0 Å². The molecule has 0 N–H and O–H groups in total. The van der Waals surface area contributed by atoms with Crippen molar-refractivity contribution in [2.24, 2.45) is 5.92 Å². The number of fused-ring (bicyclic) bond motifs is 2. The number of aryl methyl sites for hydroxylation is 1. The van der Waals surface area contributed by atoms with Gasteiger partial charge in [-0.25, -0.2) is 0 Å². The second kappa shape index (κ2) is 11.9. The van der Waals surface area contributed by atoms with Gasteiger partial charge in [-0.3, -0.25) is 4.90 Å². The van der Waals surface area contributed by atoms with Crippen molar-refractivity contribution in [3.8, 4) is 0 Å². The Bertz CT molecular complexity index is 994. The molecular formula is C31H35Cl2NO. The minimum atomic E-state index is -0.0978. The van der Waals surface area contributed by atoms with Crippen LogP contribution in [0.3, 0.4) is 0 Å². The summed E-state index contributed by atoms with van der Waals surface area (Å²) >= 11 is 12.3. The summed E-state index contributed by atoms with van der Waals surface area (Å²) in [5, 5.41) is 1.49. The molecule has 2 saturated heterocycles. The highest BCUT2D eigenvalue weighted by atomic mass is 35.5. The van der Waals surface area contributed by atoms with Crippen LogP contribution in [0.25, 0.3) is 0 Å². The van der Waals surface area contributed by atoms with E-state index in [9.17, 15) is 0 Å². The van der Waals surface area contributed by atoms with Crippen LogP contribution in [-0.4, -0.2) is 30.1 Å². The summed E-state index contributed by atoms with van der Waals surface area (Å²) < 4.78 is 6.53. The molecule has 2 nitrogen and oxygen atoms in total. The van der Waals surface area contributed by atoms with Gasteiger partial charge < -0.3 is 4.74 Å². The average Bonchev–Trinajstić information content (AvgIpc) is 3.11. The van der Waals surface area contributed by atoms with Crippen molar-refractivity contribution in [1.82, 2.24) is 4.90 Å². The predicted molar refractivity (Wildman–Crippen MR) is 146 cm³/mol. The summed E-state index contributed by atoms with van der Waals surface area (Å²) in [4.78, 5) is 2.82. The smallest absolute Gasteiger partial charge is 0.108 e. The van der Waals surface area contributed by atoms with Gasteiger partial charge in [-0.05, 0) is 98.4 Å². The summed E-state index contributed by atoms with van der Waals surface area (Å²) in [5.41, 5.74) is 3.72. The summed E-state index contributed by atoms with van der Waals surface area (Å²) in [6.45, 7) is 2.01. The van der Waals surface area contributed by atoms with Gasteiger partial charge in [0.15, 0.2) is 0 Å². The molecule has 5 rings (SSSR count). The molecule has 184 valence electrons. The number of hydrogen-bond donors (Lipinski definition) is 0. The zero-order valence-corrected chi connectivity index (χ0v) is 21.8. The predicted octanol–water partition coefficient (Wildman–Crippen LogP) is 8.37. The fourth-order valence-corrected chi connectivity index (χ4v) is 6.36. The van der Waals surface area contributed by atoms with E-state index in [0.717, 1.165) is 52.2 Å². The number of piperidine rings is 1. The quantitative estimate of drug-likeness (QED) is 0.273. The Morgan fingerprint density at radius 2 is 1.34 bits per heavy atom. The Kier molecular flexibility index (Phi) is 8.47. The molecule has 3 atom stereocenters. The van der Waals surface area contributed by atoms with E-state index in [1.807, 2.05) is 24.3 Å². The van der Waals surface area contributed by atoms with Gasteiger partial charge in [0.05, 0.1) is 0 Å². The molecule has 0 spiro atoms. The largest absolute Gasteiger partial charge is 0.369 e. The lowest BCUT2D eigenvalue weighted by Gasteiger charge is -2.39. The fraction of sp³-hybridized carbons (Fsp3) is 0.419. The molecule has 0 radical (unpaired) electrons. The summed E-state index contributed by atoms with van der Waals surface area (Å²) in [7, 11) is 0. The summed E-state index contributed by atoms with van der Waals surface area (Å²) in [6, 6.07) is 28.4. The van der Waals surface area contributed by atoms with Gasteiger partial charge in [-0.1, -0.05) is 77.8 Å². The van der Waals surface area contributed by atoms with E-state index >= 15 is 0 Å². The fourth-order valence-electron chi connectivity index (χ4n) is 6.11. The van der Waals surface area contributed by atoms with Crippen molar-refractivity contribution in [2.45, 2.75) is 63.1 Å². The first-order valence-electron chi connectivity index (χ1n) is 13.1. The van der Waals surface area contributed by atoms with Crippen molar-refractivity contribution in [1.29, 1.82) is 0 Å². The monoisotopic (exact) mass is 507 g/mol. The van der Waals surface area contributed by atoms with Crippen LogP contribution in [0.5, 0.6) is 0 Å². The maximum atomic E-state index is 6.53. The minimum Gasteiger partial charge on any atom is -0.369 e. The molecule has 4 heteroatoms. The van der Waals surface area contributed by atoms with Crippen molar-refractivity contribution < 1.29 is 4.74 Å². The van der Waals surface area contributed by atoms with E-state index in [1.165, 1.54) is 50.6 Å². The second-order valence-corrected chi connectivity index (χ2v) is 11.1. The number of hydrogen-bond acceptors (Lipinski definition) is 2. The van der Waals surface area contributed by atoms with Crippen molar-refractivity contribution in [3.63, 3.8) is 0 Å². The highest BCUT2D eigenvalue weighted by molar-refractivity contribution is 6.30. The molecule has 3 aromatic rings. The van der Waals surface area contributed by atoms with Crippen molar-refractivity contribution in [2.75, 3.05) is 13.2 Å². The third-order valence-electron chi connectivity index (χ3n) is 7.86. The number of nitrogens with zero attached hydrogens (tertiary/aromatic N) is 1. The van der Waals surface area contributed by atoms with Crippen LogP contribution < -0.4 is 0 Å². The maximum Gasteiger partial charge on any atom is 0.108 e. The molecule has 35 heavy (non-hydrogen) atoms. The zero-order chi connectivity index (χ0) is 24.0. The molecule has 1 unspecified atom stereocenters. The Hall–Kier alpha value is -1.84. The number of rotatable bonds is 10. The first kappa shape index (κ1) is 24.8. The van der Waals surface area contributed by atoms with E-state index in [4.69, 9.17) is 27.9 Å². The van der Waals surface area contributed by atoms with Crippen LogP contribution in [0.1, 0.15) is 61.3 Å². The van der Waals surface area contributed by atoms with Crippen molar-refractivity contribution in [3.05, 3.63) is 106 Å². The molecule has 3 aromatic carbocycles. The first-order valence-corrected chi connectivity index (χ1v) is 13.8. The van der Waals surface area contributed by atoms with Gasteiger partial charge in [0, 0.05) is 28.7 Å². The highest BCUT2D eigenvalue weighted by Crippen LogP contribution is 2.40. The minimum absolute atomic E-state index is 0.0978. The molecule has 2 fully saturated rings. The van der Waals surface area contributed by atoms with E-state index in [2.05, 4.69) is 59.5 Å². The molecule has 0 amide bonds. The number of ether oxygens (including phenoxy) is 1. The van der Waals surface area contributed by atoms with Crippen LogP contribution >= 0.6 is 23.2 Å². The number of halogens is 2. The molecule has 0 aliphatic carbocycles. The highest BCUT2D eigenvalue weighted by Gasteiger charge is 2.39. The standard InChI is InChI=1S/C31H35Cl2NO/c32-27-12-8-25(9-13-27)31(26-10-14-28(33)15-11-26)35-20-18-24-21-29-16-17-30(22-24)34(29)19-4-7-23-5-2-1-3-6-23/h1-3,5-6,8-15,24,29-31H,4,7,16-22H2/t24?,29-,30+. The molecular weight excluding hydrogens is 473 g/mol. The van der Waals surface area contributed by atoms with Gasteiger partial charge in [-0.15, -0.1) is 0 Å². The van der Waals surface area contributed by atoms with Crippen molar-refractivity contribution >= 4 is 23.2 Å². The topological polar surface area (TPSA) is 12.5 Å². The molecule has 2 bridgehead atoms. The van der Waals surface area contributed by atoms with Crippen LogP contribution in [0.2, 0.25) is 10.0 Å². The van der Waals surface area contributed by atoms with E-state index < -0.39 is 0 Å². The molecule has 2 aliphatic heterocycles. The Morgan fingerprint density at radius 1 is 0.771 bits per heavy atom. The maximum absolute atomic E-state index is 6.53. The first-order chi connectivity index (χ1) is 17.2. The van der Waals surface area contributed by atoms with E-state index in [-0.39, 0.29) is 6.10 Å². The number of benzene rings is 3. The van der Waals surface area contributed by atoms with Crippen LogP contribution in [-0.2, 0) is 11.2 Å². The molecule has 0 saturated carbocycles. The third-order valence-corrected chi connectivity index (χ3v) is 8.37. The van der Waals surface area contributed by atoms with Gasteiger partial charge >= 0.3 is 0 Å². The zero-order valence-electron chi connectivity index (χ0n) is 20.3. The lowest BCUT2D eigenvalue weighted by molar-refractivity contribution is 0.0461. The normalized spacial score (nSPS) is 22.1. The molecule has 2 heterocycles. The lowest BCUT2D eigenvalue weighted by atomic mass is 9.88. The lowest BCUT2D eigenvalue weighted by Crippen LogP contribution is -2.43. The SMILES string of the molecule is Clc1ccc(C(OCCC2C[C@H]3CC[C@@H](C2)N3CCCc2ccccc2)c2ccc(Cl)cc2)cc1. The van der Waals surface area contributed by atoms with Crippen LogP contribution in [0, 0.1) is 5.92 Å². The Morgan fingerprint density at radius 3 is 1.91 bits per heavy atom. The third kappa shape index (κ3) is 6.49. The average molecular weight is 509 g/mol. The Balaban J connectivity index is 1.14. The van der Waals surface area contributed by atoms with Crippen LogP contribution in [0.15, 0.2) is 78.9 Å². The Labute approximate surface area is 220 Å². The van der Waals surface area contributed by atoms with Gasteiger partial charge in [-0.2, -0.15) is 0 Å². The summed E-state index contributed by atoms with van der Waals surface area (Å²) in [6.07, 6.45) is 8.84.